The summed E-state index contributed by atoms with van der Waals surface area (Å²) < 4.78 is 38.9. The van der Waals surface area contributed by atoms with Gasteiger partial charge in [0.2, 0.25) is 7.37 Å². The third-order valence-electron chi connectivity index (χ3n) is 11.8. The number of rotatable bonds is 21. The molecule has 1 saturated carbocycles. The van der Waals surface area contributed by atoms with Crippen LogP contribution in [0.4, 0.5) is 0 Å². The molecule has 4 N–H and O–H groups in total. The van der Waals surface area contributed by atoms with Gasteiger partial charge in [0.05, 0.1) is 17.6 Å². The fourth-order valence-corrected chi connectivity index (χ4v) is 11.0. The monoisotopic (exact) mass is 831 g/mol. The maximum absolute atomic E-state index is 14.1. The fraction of sp³-hybridized carbons (Fsp3) is 0.388. The van der Waals surface area contributed by atoms with E-state index in [4.69, 9.17) is 18.7 Å². The fourth-order valence-electron chi connectivity index (χ4n) is 8.60. The Kier molecular flexibility index (Phi) is 13.8. The molecule has 1 fully saturated rings. The quantitative estimate of drug-likeness (QED) is 0.0416. The van der Waals surface area contributed by atoms with Crippen LogP contribution in [0.15, 0.2) is 109 Å². The molecule has 0 bridgehead atoms. The second-order valence-electron chi connectivity index (χ2n) is 16.3. The lowest BCUT2D eigenvalue weighted by Crippen LogP contribution is -2.42. The van der Waals surface area contributed by atoms with E-state index in [-0.39, 0.29) is 38.3 Å². The van der Waals surface area contributed by atoms with Crippen LogP contribution < -0.4 is 14.2 Å². The standard InChI is InChI=1S/C49H58N3O7P/c1-2-3-29-59-60(55,39-13-5-4-6-14-39)34-58-38-25-23-35(24-26-38)27-28-52(30-36(53)32-56-46-21-11-19-44-48(46)40-15-7-9-17-42(40)50-44)31-37(54)33-57-47-22-12-20-45-49(47)41-16-8-10-18-43(41)51-45/h7-12,15-26,36-37,39,50-51,53-54H,2-6,13-14,27-34H2,1H3. The molecule has 3 atom stereocenters. The van der Waals surface area contributed by atoms with Crippen LogP contribution in [-0.4, -0.2) is 88.8 Å². The van der Waals surface area contributed by atoms with Crippen molar-refractivity contribution in [2.75, 3.05) is 45.8 Å². The van der Waals surface area contributed by atoms with Crippen molar-refractivity contribution in [3.63, 3.8) is 0 Å². The minimum atomic E-state index is -2.95. The number of nitrogens with zero attached hydrogens (tertiary/aromatic N) is 1. The Bertz CT molecular complexity index is 2380. The smallest absolute Gasteiger partial charge is 0.242 e. The van der Waals surface area contributed by atoms with Gasteiger partial charge in [-0.05, 0) is 79.8 Å². The van der Waals surface area contributed by atoms with Crippen molar-refractivity contribution in [2.45, 2.75) is 76.2 Å². The number of unbranched alkanes of at least 4 members (excludes halogenated alkanes) is 1. The van der Waals surface area contributed by atoms with E-state index in [0.29, 0.717) is 36.8 Å². The number of fused-ring (bicyclic) bond motifs is 6. The van der Waals surface area contributed by atoms with Gasteiger partial charge in [0.15, 0.2) is 6.35 Å². The molecule has 0 radical (unpaired) electrons. The molecular weight excluding hydrogens is 774 g/mol. The summed E-state index contributed by atoms with van der Waals surface area (Å²) in [6, 6.07) is 36.0. The van der Waals surface area contributed by atoms with Gasteiger partial charge in [-0.15, -0.1) is 0 Å². The van der Waals surface area contributed by atoms with Crippen LogP contribution in [0, 0.1) is 0 Å². The zero-order valence-electron chi connectivity index (χ0n) is 34.6. The molecule has 1 aliphatic rings. The predicted octanol–water partition coefficient (Wildman–Crippen LogP) is 10.4. The van der Waals surface area contributed by atoms with Gasteiger partial charge >= 0.3 is 0 Å². The third kappa shape index (κ3) is 10.0. The van der Waals surface area contributed by atoms with E-state index in [1.807, 2.05) is 97.1 Å². The van der Waals surface area contributed by atoms with Crippen LogP contribution in [0.25, 0.3) is 43.6 Å². The second kappa shape index (κ2) is 19.7. The van der Waals surface area contributed by atoms with Crippen molar-refractivity contribution in [1.29, 1.82) is 0 Å². The van der Waals surface area contributed by atoms with Crippen molar-refractivity contribution in [1.82, 2.24) is 14.9 Å². The van der Waals surface area contributed by atoms with Crippen LogP contribution >= 0.6 is 7.37 Å². The highest BCUT2D eigenvalue weighted by Crippen LogP contribution is 2.56. The van der Waals surface area contributed by atoms with E-state index in [0.717, 1.165) is 87.7 Å². The number of aliphatic hydroxyl groups excluding tert-OH is 2. The highest BCUT2D eigenvalue weighted by Gasteiger charge is 2.36. The summed E-state index contributed by atoms with van der Waals surface area (Å²) in [5.41, 5.74) is 5.16. The number of nitrogens with one attached hydrogen (secondary N) is 2. The van der Waals surface area contributed by atoms with E-state index in [2.05, 4.69) is 33.9 Å². The van der Waals surface area contributed by atoms with E-state index in [1.165, 1.54) is 6.42 Å². The zero-order valence-corrected chi connectivity index (χ0v) is 35.5. The van der Waals surface area contributed by atoms with Crippen LogP contribution in [0.2, 0.25) is 0 Å². The average molecular weight is 832 g/mol. The summed E-state index contributed by atoms with van der Waals surface area (Å²) in [4.78, 5) is 8.98. The minimum Gasteiger partial charge on any atom is -0.490 e. The molecule has 2 aromatic heterocycles. The molecule has 0 spiro atoms. The Labute approximate surface area is 352 Å². The molecule has 3 unspecified atom stereocenters. The molecule has 0 saturated heterocycles. The maximum Gasteiger partial charge on any atom is 0.242 e. The summed E-state index contributed by atoms with van der Waals surface area (Å²) in [5.74, 6) is 2.09. The maximum atomic E-state index is 14.1. The van der Waals surface area contributed by atoms with E-state index in [1.54, 1.807) is 0 Å². The molecule has 5 aromatic carbocycles. The normalized spacial score (nSPS) is 15.8. The Morgan fingerprint density at radius 3 is 1.80 bits per heavy atom. The number of ether oxygens (including phenoxy) is 3. The molecule has 60 heavy (non-hydrogen) atoms. The molecule has 8 rings (SSSR count). The highest BCUT2D eigenvalue weighted by molar-refractivity contribution is 7.59. The third-order valence-corrected chi connectivity index (χ3v) is 14.5. The summed E-state index contributed by atoms with van der Waals surface area (Å²) >= 11 is 0. The summed E-state index contributed by atoms with van der Waals surface area (Å²) in [7, 11) is -2.95. The Balaban J connectivity index is 0.922. The molecule has 10 nitrogen and oxygen atoms in total. The lowest BCUT2D eigenvalue weighted by molar-refractivity contribution is 0.0322. The van der Waals surface area contributed by atoms with Gasteiger partial charge in [0.25, 0.3) is 0 Å². The van der Waals surface area contributed by atoms with E-state index < -0.39 is 19.6 Å². The topological polar surface area (TPSA) is 129 Å². The Hall–Kier alpha value is -4.83. The molecular formula is C49H58N3O7P. The first-order valence-corrected chi connectivity index (χ1v) is 23.5. The molecule has 1 aliphatic carbocycles. The van der Waals surface area contributed by atoms with Crippen molar-refractivity contribution in [3.05, 3.63) is 115 Å². The lowest BCUT2D eigenvalue weighted by atomic mass is 10.0. The SMILES string of the molecule is CCCCOP(=O)(COc1ccc(CCN(CC(O)COc2cccc3[nH]c4ccccc4c23)CC(O)COc2cccc3[nH]c4ccccc4c23)cc1)C1CCCCC1. The Morgan fingerprint density at radius 2 is 1.23 bits per heavy atom. The van der Waals surface area contributed by atoms with Crippen molar-refractivity contribution in [3.8, 4) is 17.2 Å². The van der Waals surface area contributed by atoms with Crippen molar-refractivity contribution >= 4 is 51.0 Å². The zero-order chi connectivity index (χ0) is 41.3. The number of aromatic nitrogens is 2. The second-order valence-corrected chi connectivity index (χ2v) is 19.0. The first-order chi connectivity index (χ1) is 29.4. The van der Waals surface area contributed by atoms with E-state index >= 15 is 0 Å². The number of benzene rings is 5. The first-order valence-electron chi connectivity index (χ1n) is 21.6. The molecule has 11 heteroatoms. The summed E-state index contributed by atoms with van der Waals surface area (Å²) in [6.07, 6.45) is 6.24. The van der Waals surface area contributed by atoms with Crippen LogP contribution in [0.1, 0.15) is 57.4 Å². The average Bonchev–Trinajstić information content (AvgIpc) is 3.86. The summed E-state index contributed by atoms with van der Waals surface area (Å²) in [6.45, 7) is 3.94. The van der Waals surface area contributed by atoms with Crippen LogP contribution in [0.3, 0.4) is 0 Å². The predicted molar refractivity (Wildman–Crippen MR) is 242 cm³/mol. The lowest BCUT2D eigenvalue weighted by Gasteiger charge is -2.30. The number of H-pyrrole nitrogens is 2. The number of aromatic amines is 2. The number of aliphatic hydroxyl groups is 2. The van der Waals surface area contributed by atoms with E-state index in [9.17, 15) is 14.8 Å². The largest absolute Gasteiger partial charge is 0.490 e. The van der Waals surface area contributed by atoms with Gasteiger partial charge in [0, 0.05) is 57.9 Å². The van der Waals surface area contributed by atoms with Gasteiger partial charge in [-0.3, -0.25) is 9.46 Å². The van der Waals surface area contributed by atoms with Crippen molar-refractivity contribution in [2.24, 2.45) is 0 Å². The molecule has 0 aliphatic heterocycles. The Morgan fingerprint density at radius 1 is 0.683 bits per heavy atom. The highest BCUT2D eigenvalue weighted by atomic mass is 31.2. The number of hydrogen-bond acceptors (Lipinski definition) is 8. The van der Waals surface area contributed by atoms with Gasteiger partial charge in [-0.2, -0.15) is 0 Å². The minimum absolute atomic E-state index is 0.0688. The van der Waals surface area contributed by atoms with Crippen LogP contribution in [0.5, 0.6) is 17.2 Å². The summed E-state index contributed by atoms with van der Waals surface area (Å²) in [5, 5.41) is 26.9. The molecule has 7 aromatic rings. The van der Waals surface area contributed by atoms with Crippen LogP contribution in [-0.2, 0) is 15.5 Å². The van der Waals surface area contributed by atoms with Gasteiger partial charge in [-0.1, -0.05) is 93.3 Å². The molecule has 0 amide bonds. The van der Waals surface area contributed by atoms with Gasteiger partial charge in [0.1, 0.15) is 42.7 Å². The number of hydrogen-bond donors (Lipinski definition) is 4. The number of para-hydroxylation sites is 2. The first kappa shape index (κ1) is 41.9. The van der Waals surface area contributed by atoms with Crippen molar-refractivity contribution < 1.29 is 33.5 Å². The van der Waals surface area contributed by atoms with Gasteiger partial charge < -0.3 is 38.9 Å². The molecule has 2 heterocycles. The van der Waals surface area contributed by atoms with Gasteiger partial charge in [-0.25, -0.2) is 0 Å². The molecule has 316 valence electrons.